The van der Waals surface area contributed by atoms with Gasteiger partial charge in [0.05, 0.1) is 5.56 Å². The highest BCUT2D eigenvalue weighted by atomic mass is 16.7. The van der Waals surface area contributed by atoms with Gasteiger partial charge in [-0.1, -0.05) is 78.5 Å². The Morgan fingerprint density at radius 3 is 1.63 bits per heavy atom. The Morgan fingerprint density at radius 1 is 0.743 bits per heavy atom. The molecule has 0 aliphatic rings. The van der Waals surface area contributed by atoms with Crippen molar-refractivity contribution in [1.29, 1.82) is 0 Å². The number of ether oxygens (including phenoxy) is 3. The monoisotopic (exact) mass is 490 g/mol. The molecule has 0 radical (unpaired) electrons. The van der Waals surface area contributed by atoms with Crippen LogP contribution in [0.4, 0.5) is 0 Å². The number of hydrogen-bond donors (Lipinski definition) is 0. The Hall–Kier alpha value is -2.05. The topological polar surface area (TPSA) is 78.9 Å². The van der Waals surface area contributed by atoms with Crippen molar-refractivity contribution in [1.82, 2.24) is 0 Å². The summed E-state index contributed by atoms with van der Waals surface area (Å²) in [5.41, 5.74) is 0.419. The molecule has 1 aromatic carbocycles. The summed E-state index contributed by atoms with van der Waals surface area (Å²) in [5, 5.41) is 0. The quantitative estimate of drug-likeness (QED) is 0.113. The summed E-state index contributed by atoms with van der Waals surface area (Å²) in [7, 11) is 0. The van der Waals surface area contributed by atoms with E-state index in [1.54, 1.807) is 24.3 Å². The minimum atomic E-state index is -1.38. The van der Waals surface area contributed by atoms with Crippen molar-refractivity contribution in [2.24, 2.45) is 0 Å². The molecule has 1 rings (SSSR count). The molecule has 0 aromatic heterocycles. The SMILES string of the molecule is CCCCCC(=O)C(CC)OC(CC)(COC(=O)c1ccccc1)OC(CC)C(=O)CCCCC. The highest BCUT2D eigenvalue weighted by molar-refractivity contribution is 5.89. The van der Waals surface area contributed by atoms with Gasteiger partial charge in [-0.2, -0.15) is 0 Å². The molecule has 6 nitrogen and oxygen atoms in total. The minimum absolute atomic E-state index is 0.0130. The average Bonchev–Trinajstić information content (AvgIpc) is 2.89. The van der Waals surface area contributed by atoms with Crippen LogP contribution in [-0.4, -0.2) is 42.1 Å². The number of benzene rings is 1. The lowest BCUT2D eigenvalue weighted by Crippen LogP contribution is -2.49. The summed E-state index contributed by atoms with van der Waals surface area (Å²) in [6.45, 7) is 9.64. The van der Waals surface area contributed by atoms with Crippen LogP contribution in [0, 0.1) is 0 Å². The first kappa shape index (κ1) is 31.0. The van der Waals surface area contributed by atoms with Crippen LogP contribution in [0.5, 0.6) is 0 Å². The molecular formula is C29H46O6. The second kappa shape index (κ2) is 17.4. The highest BCUT2D eigenvalue weighted by Crippen LogP contribution is 2.27. The fraction of sp³-hybridized carbons (Fsp3) is 0.690. The Kier molecular flexibility index (Phi) is 15.4. The van der Waals surface area contributed by atoms with Crippen LogP contribution in [0.2, 0.25) is 0 Å². The maximum absolute atomic E-state index is 12.9. The summed E-state index contributed by atoms with van der Waals surface area (Å²) in [4.78, 5) is 38.5. The van der Waals surface area contributed by atoms with Crippen molar-refractivity contribution < 1.29 is 28.6 Å². The zero-order valence-corrected chi connectivity index (χ0v) is 22.5. The van der Waals surface area contributed by atoms with Crippen LogP contribution in [0.1, 0.15) is 116 Å². The number of carbonyl (C=O) groups is 3. The van der Waals surface area contributed by atoms with Gasteiger partial charge in [-0.25, -0.2) is 4.79 Å². The summed E-state index contributed by atoms with van der Waals surface area (Å²) >= 11 is 0. The third-order valence-corrected chi connectivity index (χ3v) is 6.20. The highest BCUT2D eigenvalue weighted by Gasteiger charge is 2.40. The van der Waals surface area contributed by atoms with E-state index in [-0.39, 0.29) is 18.2 Å². The van der Waals surface area contributed by atoms with Gasteiger partial charge in [-0.05, 0) is 37.8 Å². The Morgan fingerprint density at radius 2 is 1.23 bits per heavy atom. The third kappa shape index (κ3) is 11.0. The molecule has 0 bridgehead atoms. The first-order chi connectivity index (χ1) is 16.9. The van der Waals surface area contributed by atoms with E-state index >= 15 is 0 Å². The molecule has 0 saturated carbocycles. The number of rotatable bonds is 20. The van der Waals surface area contributed by atoms with Crippen LogP contribution in [0.3, 0.4) is 0 Å². The van der Waals surface area contributed by atoms with E-state index in [0.29, 0.717) is 37.7 Å². The molecule has 2 unspecified atom stereocenters. The Bertz CT molecular complexity index is 713. The predicted molar refractivity (Wildman–Crippen MR) is 138 cm³/mol. The van der Waals surface area contributed by atoms with Gasteiger partial charge in [0.15, 0.2) is 11.6 Å². The van der Waals surface area contributed by atoms with Gasteiger partial charge in [-0.15, -0.1) is 0 Å². The molecular weight excluding hydrogens is 444 g/mol. The van der Waals surface area contributed by atoms with Crippen molar-refractivity contribution in [3.8, 4) is 0 Å². The number of esters is 1. The number of ketones is 2. The fourth-order valence-corrected chi connectivity index (χ4v) is 3.89. The normalized spacial score (nSPS) is 14.7. The third-order valence-electron chi connectivity index (χ3n) is 6.20. The van der Waals surface area contributed by atoms with Gasteiger partial charge in [0.1, 0.15) is 18.8 Å². The number of hydrogen-bond acceptors (Lipinski definition) is 6. The second-order valence-corrected chi connectivity index (χ2v) is 9.08. The van der Waals surface area contributed by atoms with Crippen molar-refractivity contribution in [3.63, 3.8) is 0 Å². The minimum Gasteiger partial charge on any atom is -0.456 e. The standard InChI is InChI=1S/C29H46O6/c1-6-11-14-20-24(30)26(8-3)34-29(10-5,22-33-28(32)23-18-16-13-17-19-23)35-27(9-4)25(31)21-15-12-7-2/h13,16-19,26-27H,6-12,14-15,20-22H2,1-5H3. The predicted octanol–water partition coefficient (Wildman–Crippen LogP) is 6.84. The molecule has 0 aliphatic carbocycles. The molecule has 0 amide bonds. The van der Waals surface area contributed by atoms with E-state index in [9.17, 15) is 14.4 Å². The van der Waals surface area contributed by atoms with E-state index in [4.69, 9.17) is 14.2 Å². The molecule has 0 N–H and O–H groups in total. The van der Waals surface area contributed by atoms with E-state index in [0.717, 1.165) is 38.5 Å². The lowest BCUT2D eigenvalue weighted by Gasteiger charge is -2.37. The van der Waals surface area contributed by atoms with Crippen LogP contribution < -0.4 is 0 Å². The smallest absolute Gasteiger partial charge is 0.338 e. The van der Waals surface area contributed by atoms with Gasteiger partial charge in [0, 0.05) is 19.3 Å². The fourth-order valence-electron chi connectivity index (χ4n) is 3.89. The van der Waals surface area contributed by atoms with E-state index < -0.39 is 24.0 Å². The average molecular weight is 491 g/mol. The maximum atomic E-state index is 12.9. The van der Waals surface area contributed by atoms with Crippen LogP contribution >= 0.6 is 0 Å². The van der Waals surface area contributed by atoms with Crippen molar-refractivity contribution in [2.75, 3.05) is 6.61 Å². The largest absolute Gasteiger partial charge is 0.456 e. The second-order valence-electron chi connectivity index (χ2n) is 9.08. The zero-order chi connectivity index (χ0) is 26.1. The lowest BCUT2D eigenvalue weighted by atomic mass is 10.0. The lowest BCUT2D eigenvalue weighted by molar-refractivity contribution is -0.286. The molecule has 0 heterocycles. The van der Waals surface area contributed by atoms with Crippen LogP contribution in [0.25, 0.3) is 0 Å². The Labute approximate surface area is 212 Å². The summed E-state index contributed by atoms with van der Waals surface area (Å²) < 4.78 is 18.3. The maximum Gasteiger partial charge on any atom is 0.338 e. The van der Waals surface area contributed by atoms with Crippen molar-refractivity contribution in [3.05, 3.63) is 35.9 Å². The number of Topliss-reactive ketones (excluding diaryl/α,β-unsaturated/α-hetero) is 2. The zero-order valence-electron chi connectivity index (χ0n) is 22.5. The van der Waals surface area contributed by atoms with Gasteiger partial charge in [-0.3, -0.25) is 9.59 Å². The van der Waals surface area contributed by atoms with Gasteiger partial charge >= 0.3 is 5.97 Å². The molecule has 198 valence electrons. The first-order valence-electron chi connectivity index (χ1n) is 13.5. The molecule has 0 fully saturated rings. The molecule has 35 heavy (non-hydrogen) atoms. The van der Waals surface area contributed by atoms with Crippen LogP contribution in [0.15, 0.2) is 30.3 Å². The molecule has 0 spiro atoms. The Balaban J connectivity index is 3.09. The van der Waals surface area contributed by atoms with Gasteiger partial charge in [0.25, 0.3) is 0 Å². The van der Waals surface area contributed by atoms with Gasteiger partial charge < -0.3 is 14.2 Å². The van der Waals surface area contributed by atoms with Crippen LogP contribution in [-0.2, 0) is 23.8 Å². The molecule has 0 aliphatic heterocycles. The summed E-state index contributed by atoms with van der Waals surface area (Å²) in [6, 6.07) is 8.71. The number of unbranched alkanes of at least 4 members (excludes halogenated alkanes) is 4. The molecule has 0 saturated heterocycles. The first-order valence-corrected chi connectivity index (χ1v) is 13.5. The molecule has 1 aromatic rings. The van der Waals surface area contributed by atoms with Crippen molar-refractivity contribution >= 4 is 17.5 Å². The van der Waals surface area contributed by atoms with Crippen molar-refractivity contribution in [2.45, 2.75) is 123 Å². The van der Waals surface area contributed by atoms with Gasteiger partial charge in [0.2, 0.25) is 5.79 Å². The summed E-state index contributed by atoms with van der Waals surface area (Å²) in [6.07, 6.45) is 6.42. The molecule has 2 atom stereocenters. The van der Waals surface area contributed by atoms with E-state index in [1.807, 2.05) is 26.8 Å². The molecule has 6 heteroatoms. The van der Waals surface area contributed by atoms with E-state index in [1.165, 1.54) is 0 Å². The number of carbonyl (C=O) groups excluding carboxylic acids is 3. The summed E-state index contributed by atoms with van der Waals surface area (Å²) in [5.74, 6) is -1.86. The van der Waals surface area contributed by atoms with E-state index in [2.05, 4.69) is 13.8 Å².